The smallest absolute Gasteiger partial charge is 0.0991 e. The summed E-state index contributed by atoms with van der Waals surface area (Å²) in [6, 6.07) is 10.1. The summed E-state index contributed by atoms with van der Waals surface area (Å²) < 4.78 is 5.43. The standard InChI is InChI=1S/C15H18N2O/c16-9-13-2-1-3-14(8-13)10-17-11-15(12-17)4-6-18-7-5-15/h1-3,8H,4-7,10-12H2. The quantitative estimate of drug-likeness (QED) is 0.797. The Labute approximate surface area is 108 Å². The average Bonchev–Trinajstić information content (AvgIpc) is 2.38. The van der Waals surface area contributed by atoms with E-state index in [0.29, 0.717) is 5.41 Å². The van der Waals surface area contributed by atoms with Crippen LogP contribution in [0.2, 0.25) is 0 Å². The molecule has 0 unspecified atom stereocenters. The minimum Gasteiger partial charge on any atom is -0.381 e. The van der Waals surface area contributed by atoms with Gasteiger partial charge in [-0.15, -0.1) is 0 Å². The highest BCUT2D eigenvalue weighted by Crippen LogP contribution is 2.40. The van der Waals surface area contributed by atoms with Gasteiger partial charge >= 0.3 is 0 Å². The first-order valence-corrected chi connectivity index (χ1v) is 6.59. The fraction of sp³-hybridized carbons (Fsp3) is 0.533. The number of hydrogen-bond donors (Lipinski definition) is 0. The van der Waals surface area contributed by atoms with E-state index in [1.54, 1.807) is 0 Å². The van der Waals surface area contributed by atoms with Crippen LogP contribution >= 0.6 is 0 Å². The summed E-state index contributed by atoms with van der Waals surface area (Å²) >= 11 is 0. The molecule has 2 fully saturated rings. The predicted octanol–water partition coefficient (Wildman–Crippen LogP) is 2.17. The van der Waals surface area contributed by atoms with Crippen molar-refractivity contribution in [2.45, 2.75) is 19.4 Å². The lowest BCUT2D eigenvalue weighted by atomic mass is 9.73. The molecule has 2 saturated heterocycles. The average molecular weight is 242 g/mol. The zero-order valence-corrected chi connectivity index (χ0v) is 10.6. The third kappa shape index (κ3) is 2.27. The van der Waals surface area contributed by atoms with Crippen LogP contribution in [0.15, 0.2) is 24.3 Å². The van der Waals surface area contributed by atoms with E-state index in [-0.39, 0.29) is 0 Å². The van der Waals surface area contributed by atoms with Gasteiger partial charge in [0.25, 0.3) is 0 Å². The minimum absolute atomic E-state index is 0.533. The molecule has 2 aliphatic rings. The summed E-state index contributed by atoms with van der Waals surface area (Å²) in [6.45, 7) is 5.20. The third-order valence-electron chi connectivity index (χ3n) is 4.13. The highest BCUT2D eigenvalue weighted by atomic mass is 16.5. The summed E-state index contributed by atoms with van der Waals surface area (Å²) in [4.78, 5) is 2.47. The van der Waals surface area contributed by atoms with E-state index in [0.717, 1.165) is 25.3 Å². The highest BCUT2D eigenvalue weighted by Gasteiger charge is 2.43. The van der Waals surface area contributed by atoms with E-state index in [1.165, 1.54) is 31.5 Å². The van der Waals surface area contributed by atoms with Gasteiger partial charge in [0.2, 0.25) is 0 Å². The Kier molecular flexibility index (Phi) is 3.07. The second-order valence-corrected chi connectivity index (χ2v) is 5.57. The normalized spacial score (nSPS) is 22.4. The molecule has 0 amide bonds. The van der Waals surface area contributed by atoms with E-state index in [9.17, 15) is 0 Å². The number of likely N-dealkylation sites (tertiary alicyclic amines) is 1. The Balaban J connectivity index is 1.57. The zero-order chi connectivity index (χ0) is 12.4. The van der Waals surface area contributed by atoms with Crippen molar-refractivity contribution in [3.05, 3.63) is 35.4 Å². The SMILES string of the molecule is N#Cc1cccc(CN2CC3(CCOCC3)C2)c1. The molecule has 0 N–H and O–H groups in total. The molecule has 0 bridgehead atoms. The molecular weight excluding hydrogens is 224 g/mol. The van der Waals surface area contributed by atoms with Crippen LogP contribution < -0.4 is 0 Å². The van der Waals surface area contributed by atoms with Gasteiger partial charge in [-0.05, 0) is 30.5 Å². The van der Waals surface area contributed by atoms with Gasteiger partial charge in [-0.2, -0.15) is 5.26 Å². The molecule has 2 heterocycles. The van der Waals surface area contributed by atoms with Gasteiger partial charge in [0, 0.05) is 38.3 Å². The number of hydrogen-bond acceptors (Lipinski definition) is 3. The lowest BCUT2D eigenvalue weighted by molar-refractivity contribution is -0.0839. The van der Waals surface area contributed by atoms with Crippen molar-refractivity contribution >= 4 is 0 Å². The summed E-state index contributed by atoms with van der Waals surface area (Å²) in [7, 11) is 0. The fourth-order valence-electron chi connectivity index (χ4n) is 3.13. The Hall–Kier alpha value is -1.37. The molecule has 94 valence electrons. The predicted molar refractivity (Wildman–Crippen MR) is 68.9 cm³/mol. The number of benzene rings is 1. The van der Waals surface area contributed by atoms with Gasteiger partial charge in [0.05, 0.1) is 11.6 Å². The summed E-state index contributed by atoms with van der Waals surface area (Å²) in [5.74, 6) is 0. The van der Waals surface area contributed by atoms with Crippen LogP contribution in [-0.4, -0.2) is 31.2 Å². The summed E-state index contributed by atoms with van der Waals surface area (Å²) in [6.07, 6.45) is 2.42. The van der Waals surface area contributed by atoms with Crippen LogP contribution in [-0.2, 0) is 11.3 Å². The van der Waals surface area contributed by atoms with E-state index in [1.807, 2.05) is 18.2 Å². The first-order valence-electron chi connectivity index (χ1n) is 6.59. The van der Waals surface area contributed by atoms with Gasteiger partial charge in [-0.25, -0.2) is 0 Å². The van der Waals surface area contributed by atoms with Crippen molar-refractivity contribution < 1.29 is 4.74 Å². The maximum absolute atomic E-state index is 8.89. The van der Waals surface area contributed by atoms with E-state index < -0.39 is 0 Å². The summed E-state index contributed by atoms with van der Waals surface area (Å²) in [5.41, 5.74) is 2.54. The number of nitriles is 1. The summed E-state index contributed by atoms with van der Waals surface area (Å²) in [5, 5.41) is 8.89. The first kappa shape index (κ1) is 11.7. The molecule has 0 radical (unpaired) electrons. The molecule has 0 saturated carbocycles. The Morgan fingerprint density at radius 2 is 2.06 bits per heavy atom. The van der Waals surface area contributed by atoms with E-state index in [4.69, 9.17) is 10.00 Å². The van der Waals surface area contributed by atoms with Gasteiger partial charge in [-0.3, -0.25) is 4.90 Å². The van der Waals surface area contributed by atoms with Crippen LogP contribution in [0.3, 0.4) is 0 Å². The number of nitrogens with zero attached hydrogens (tertiary/aromatic N) is 2. The van der Waals surface area contributed by atoms with Crippen molar-refractivity contribution in [2.24, 2.45) is 5.41 Å². The van der Waals surface area contributed by atoms with Gasteiger partial charge < -0.3 is 4.74 Å². The van der Waals surface area contributed by atoms with Crippen LogP contribution in [0.4, 0.5) is 0 Å². The molecule has 0 atom stereocenters. The molecule has 1 aromatic carbocycles. The Bertz CT molecular complexity index is 464. The second-order valence-electron chi connectivity index (χ2n) is 5.57. The number of ether oxygens (including phenoxy) is 1. The fourth-order valence-corrected chi connectivity index (χ4v) is 3.13. The van der Waals surface area contributed by atoms with Crippen molar-refractivity contribution in [2.75, 3.05) is 26.3 Å². The highest BCUT2D eigenvalue weighted by molar-refractivity contribution is 5.32. The maximum Gasteiger partial charge on any atom is 0.0991 e. The topological polar surface area (TPSA) is 36.3 Å². The molecule has 1 spiro atoms. The molecule has 3 nitrogen and oxygen atoms in total. The lowest BCUT2D eigenvalue weighted by Crippen LogP contribution is -2.57. The monoisotopic (exact) mass is 242 g/mol. The lowest BCUT2D eigenvalue weighted by Gasteiger charge is -2.52. The van der Waals surface area contributed by atoms with Gasteiger partial charge in [-0.1, -0.05) is 12.1 Å². The number of rotatable bonds is 2. The van der Waals surface area contributed by atoms with Gasteiger partial charge in [0.15, 0.2) is 0 Å². The molecule has 1 aromatic rings. The molecule has 0 aliphatic carbocycles. The van der Waals surface area contributed by atoms with E-state index >= 15 is 0 Å². The molecule has 0 aromatic heterocycles. The van der Waals surface area contributed by atoms with Crippen molar-refractivity contribution in [1.82, 2.24) is 4.90 Å². The molecule has 3 heteroatoms. The Morgan fingerprint density at radius 3 is 2.78 bits per heavy atom. The molecule has 3 rings (SSSR count). The Morgan fingerprint density at radius 1 is 1.28 bits per heavy atom. The van der Waals surface area contributed by atoms with Gasteiger partial charge in [0.1, 0.15) is 0 Å². The van der Waals surface area contributed by atoms with Crippen molar-refractivity contribution in [1.29, 1.82) is 5.26 Å². The van der Waals surface area contributed by atoms with Crippen molar-refractivity contribution in [3.63, 3.8) is 0 Å². The largest absolute Gasteiger partial charge is 0.381 e. The van der Waals surface area contributed by atoms with Crippen LogP contribution in [0.25, 0.3) is 0 Å². The van der Waals surface area contributed by atoms with Crippen LogP contribution in [0.5, 0.6) is 0 Å². The second kappa shape index (κ2) is 4.72. The van der Waals surface area contributed by atoms with E-state index in [2.05, 4.69) is 17.0 Å². The zero-order valence-electron chi connectivity index (χ0n) is 10.6. The third-order valence-corrected chi connectivity index (χ3v) is 4.13. The van der Waals surface area contributed by atoms with Crippen LogP contribution in [0, 0.1) is 16.7 Å². The van der Waals surface area contributed by atoms with Crippen molar-refractivity contribution in [3.8, 4) is 6.07 Å². The molecular formula is C15H18N2O. The molecule has 18 heavy (non-hydrogen) atoms. The molecule has 2 aliphatic heterocycles. The van der Waals surface area contributed by atoms with Crippen LogP contribution in [0.1, 0.15) is 24.0 Å². The minimum atomic E-state index is 0.533. The maximum atomic E-state index is 8.89. The first-order chi connectivity index (χ1) is 8.80.